The molecule has 4 aliphatic carbocycles. The summed E-state index contributed by atoms with van der Waals surface area (Å²) in [7, 11) is 0. The van der Waals surface area contributed by atoms with Crippen molar-refractivity contribution in [3.05, 3.63) is 17.6 Å². The van der Waals surface area contributed by atoms with E-state index in [4.69, 9.17) is 9.47 Å². The lowest BCUT2D eigenvalue weighted by atomic mass is 9.52. The van der Waals surface area contributed by atoms with Crippen molar-refractivity contribution < 1.29 is 19.4 Å². The predicted octanol–water partition coefficient (Wildman–Crippen LogP) is 3.28. The number of nitrogens with one attached hydrogen (secondary N) is 1. The van der Waals surface area contributed by atoms with Crippen LogP contribution in [0.25, 0.3) is 0 Å². The van der Waals surface area contributed by atoms with Gasteiger partial charge in [-0.1, -0.05) is 6.92 Å². The van der Waals surface area contributed by atoms with Gasteiger partial charge in [-0.3, -0.25) is 4.79 Å². The summed E-state index contributed by atoms with van der Waals surface area (Å²) in [5, 5.41) is 13.9. The van der Waals surface area contributed by atoms with Crippen molar-refractivity contribution in [2.45, 2.75) is 84.0 Å². The highest BCUT2D eigenvalue weighted by molar-refractivity contribution is 5.96. The van der Waals surface area contributed by atoms with Crippen molar-refractivity contribution >= 4 is 5.91 Å². The number of hydrogen-bond donors (Lipinski definition) is 2. The number of carbonyl (C=O) groups excluding carboxylic acids is 1. The number of rotatable bonds is 4. The predicted molar refractivity (Wildman–Crippen MR) is 117 cm³/mol. The number of aryl methyl sites for hydroxylation is 1. The molecule has 6 rings (SSSR count). The molecule has 1 saturated heterocycles. The largest absolute Gasteiger partial charge is 0.474 e. The van der Waals surface area contributed by atoms with Crippen molar-refractivity contribution in [1.82, 2.24) is 15.3 Å². The molecule has 1 aliphatic heterocycles. The Morgan fingerprint density at radius 1 is 1.29 bits per heavy atom. The molecule has 5 aliphatic rings. The van der Waals surface area contributed by atoms with E-state index in [1.54, 1.807) is 13.1 Å². The van der Waals surface area contributed by atoms with Crippen LogP contribution in [0.2, 0.25) is 0 Å². The number of amides is 1. The van der Waals surface area contributed by atoms with Gasteiger partial charge in [0.1, 0.15) is 11.4 Å². The molecule has 31 heavy (non-hydrogen) atoms. The fourth-order valence-electron chi connectivity index (χ4n) is 6.02. The molecule has 1 aromatic rings. The average molecular weight is 432 g/mol. The van der Waals surface area contributed by atoms with Crippen LogP contribution in [0, 0.1) is 30.6 Å². The summed E-state index contributed by atoms with van der Waals surface area (Å²) in [4.78, 5) is 21.4. The van der Waals surface area contributed by atoms with E-state index in [1.165, 1.54) is 6.42 Å². The summed E-state index contributed by atoms with van der Waals surface area (Å²) in [6.45, 7) is 9.80. The fraction of sp³-hybridized carbons (Fsp3) is 0.792. The van der Waals surface area contributed by atoms with E-state index < -0.39 is 5.60 Å². The van der Waals surface area contributed by atoms with Crippen LogP contribution in [0.1, 0.15) is 75.5 Å². The molecule has 1 amide bonds. The van der Waals surface area contributed by atoms with E-state index >= 15 is 0 Å². The lowest BCUT2D eigenvalue weighted by Crippen LogP contribution is -2.61. The van der Waals surface area contributed by atoms with E-state index in [0.29, 0.717) is 35.0 Å². The smallest absolute Gasteiger partial charge is 0.258 e. The molecule has 1 aromatic heterocycles. The minimum atomic E-state index is -0.489. The van der Waals surface area contributed by atoms with Gasteiger partial charge in [0.15, 0.2) is 0 Å². The quantitative estimate of drug-likeness (QED) is 0.760. The van der Waals surface area contributed by atoms with Crippen LogP contribution in [0.4, 0.5) is 0 Å². The summed E-state index contributed by atoms with van der Waals surface area (Å²) >= 11 is 0. The Morgan fingerprint density at radius 3 is 2.52 bits per heavy atom. The normalized spacial score (nSPS) is 35.6. The molecule has 2 N–H and O–H groups in total. The first kappa shape index (κ1) is 22.5. The zero-order valence-electron chi connectivity index (χ0n) is 19.3. The first-order chi connectivity index (χ1) is 14.7. The van der Waals surface area contributed by atoms with E-state index in [9.17, 15) is 9.90 Å². The van der Waals surface area contributed by atoms with E-state index in [1.807, 2.05) is 13.8 Å². The molecule has 2 heterocycles. The molecule has 3 atom stereocenters. The Labute approximate surface area is 185 Å². The number of ether oxygens (including phenoxy) is 2. The van der Waals surface area contributed by atoms with Crippen LogP contribution in [-0.4, -0.2) is 51.9 Å². The molecule has 0 radical (unpaired) electrons. The second-order valence-electron chi connectivity index (χ2n) is 10.5. The van der Waals surface area contributed by atoms with Gasteiger partial charge in [0.05, 0.1) is 11.7 Å². The average Bonchev–Trinajstić information content (AvgIpc) is 3.14. The Balaban J connectivity index is 0.000000334. The first-order valence-corrected chi connectivity index (χ1v) is 11.8. The van der Waals surface area contributed by atoms with Gasteiger partial charge in [-0.2, -0.15) is 4.98 Å². The number of aromatic nitrogens is 2. The van der Waals surface area contributed by atoms with Crippen molar-refractivity contribution in [3.8, 4) is 5.88 Å². The molecule has 2 unspecified atom stereocenters. The van der Waals surface area contributed by atoms with E-state index in [2.05, 4.69) is 22.2 Å². The number of nitrogens with zero attached hydrogens (tertiary/aromatic N) is 2. The van der Waals surface area contributed by atoms with Crippen molar-refractivity contribution in [2.24, 2.45) is 23.7 Å². The number of aliphatic hydroxyl groups is 1. The molecule has 5 fully saturated rings. The summed E-state index contributed by atoms with van der Waals surface area (Å²) in [5.41, 5.74) is -0.0943. The summed E-state index contributed by atoms with van der Waals surface area (Å²) < 4.78 is 10.8. The number of hydrogen-bond acceptors (Lipinski definition) is 6. The molecule has 4 saturated carbocycles. The van der Waals surface area contributed by atoms with Crippen LogP contribution >= 0.6 is 0 Å². The molecular formula is C24H37N3O4. The lowest BCUT2D eigenvalue weighted by molar-refractivity contribution is -0.136. The number of carbonyl (C=O) groups is 1. The Bertz CT molecular complexity index is 777. The zero-order valence-corrected chi connectivity index (χ0v) is 19.3. The molecule has 0 aromatic carbocycles. The maximum absolute atomic E-state index is 12.9. The topological polar surface area (TPSA) is 93.6 Å². The van der Waals surface area contributed by atoms with Gasteiger partial charge in [-0.05, 0) is 83.0 Å². The minimum absolute atomic E-state index is 0.0590. The molecular weight excluding hydrogens is 394 g/mol. The van der Waals surface area contributed by atoms with Crippen LogP contribution in [0.3, 0.4) is 0 Å². The third kappa shape index (κ3) is 5.20. The molecule has 7 heteroatoms. The molecule has 7 nitrogen and oxygen atoms in total. The fourth-order valence-corrected chi connectivity index (χ4v) is 6.02. The van der Waals surface area contributed by atoms with Crippen LogP contribution < -0.4 is 10.1 Å². The standard InChI is InChI=1S/C19H27N3O3.C5H10O/c1-10(2)25-18-15(9-20-11(3)21-18)17(23)22-16-13-4-12-5-14(16)8-19(24,6-12)7-13;1-5-2-3-6-4-5/h9-10,12-14,16,24H,4-8H2,1-3H3,(H,22,23);5H,2-4H2,1H3/t;5-/m.0/s1. The van der Waals surface area contributed by atoms with Crippen LogP contribution in [0.5, 0.6) is 5.88 Å². The van der Waals surface area contributed by atoms with Crippen molar-refractivity contribution in [1.29, 1.82) is 0 Å². The van der Waals surface area contributed by atoms with Gasteiger partial charge in [-0.15, -0.1) is 0 Å². The highest BCUT2D eigenvalue weighted by Gasteiger charge is 2.55. The maximum atomic E-state index is 12.9. The zero-order chi connectivity index (χ0) is 22.2. The Kier molecular flexibility index (Phi) is 6.54. The van der Waals surface area contributed by atoms with Gasteiger partial charge in [0, 0.05) is 25.5 Å². The Morgan fingerprint density at radius 2 is 2.00 bits per heavy atom. The van der Waals surface area contributed by atoms with Crippen molar-refractivity contribution in [3.63, 3.8) is 0 Å². The minimum Gasteiger partial charge on any atom is -0.474 e. The maximum Gasteiger partial charge on any atom is 0.258 e. The highest BCUT2D eigenvalue weighted by atomic mass is 16.5. The summed E-state index contributed by atoms with van der Waals surface area (Å²) in [6, 6.07) is 0.137. The Hall–Kier alpha value is -1.73. The first-order valence-electron chi connectivity index (χ1n) is 11.8. The summed E-state index contributed by atoms with van der Waals surface area (Å²) in [6.07, 6.45) is 7.55. The second kappa shape index (κ2) is 9.02. The molecule has 4 bridgehead atoms. The highest BCUT2D eigenvalue weighted by Crippen LogP contribution is 2.55. The van der Waals surface area contributed by atoms with Gasteiger partial charge in [-0.25, -0.2) is 4.98 Å². The third-order valence-electron chi connectivity index (χ3n) is 7.16. The van der Waals surface area contributed by atoms with Crippen LogP contribution in [-0.2, 0) is 4.74 Å². The lowest BCUT2D eigenvalue weighted by Gasteiger charge is -2.58. The van der Waals surface area contributed by atoms with Gasteiger partial charge < -0.3 is 19.9 Å². The molecule has 0 spiro atoms. The second-order valence-corrected chi connectivity index (χ2v) is 10.5. The van der Waals surface area contributed by atoms with Gasteiger partial charge >= 0.3 is 0 Å². The third-order valence-corrected chi connectivity index (χ3v) is 7.16. The van der Waals surface area contributed by atoms with Crippen molar-refractivity contribution in [2.75, 3.05) is 13.2 Å². The molecule has 172 valence electrons. The van der Waals surface area contributed by atoms with Gasteiger partial charge in [0.25, 0.3) is 5.91 Å². The summed E-state index contributed by atoms with van der Waals surface area (Å²) in [5.74, 6) is 2.97. The van der Waals surface area contributed by atoms with E-state index in [-0.39, 0.29) is 18.1 Å². The van der Waals surface area contributed by atoms with Gasteiger partial charge in [0.2, 0.25) is 5.88 Å². The van der Waals surface area contributed by atoms with Crippen LogP contribution in [0.15, 0.2) is 6.20 Å². The monoisotopic (exact) mass is 431 g/mol. The van der Waals surface area contributed by atoms with E-state index in [0.717, 1.165) is 51.2 Å². The SMILES string of the molecule is C[C@H]1CCOC1.Cc1ncc(C(=O)NC2C3CC4CC2CC(O)(C4)C3)c(OC(C)C)n1.